The van der Waals surface area contributed by atoms with Crippen molar-refractivity contribution >= 4 is 11.6 Å². The van der Waals surface area contributed by atoms with E-state index in [2.05, 4.69) is 20.6 Å². The van der Waals surface area contributed by atoms with Crippen LogP contribution in [0, 0.1) is 0 Å². The van der Waals surface area contributed by atoms with Gasteiger partial charge >= 0.3 is 0 Å². The molecule has 25 heavy (non-hydrogen) atoms. The first-order valence-corrected chi connectivity index (χ1v) is 8.93. The monoisotopic (exact) mass is 342 g/mol. The van der Waals surface area contributed by atoms with E-state index in [4.69, 9.17) is 9.47 Å². The number of anilines is 2. The standard InChI is InChI=1S/C19H26N4O2/c1-24-16-7-9-17(10-8-16)25-12-11-20-18-13-19(22-14-21-18)23-15-5-3-2-4-6-15/h7-10,13-15H,2-6,11-12H2,1H3,(H2,20,21,22,23). The molecule has 0 radical (unpaired) electrons. The second-order valence-corrected chi connectivity index (χ2v) is 6.22. The van der Waals surface area contributed by atoms with E-state index in [1.54, 1.807) is 13.4 Å². The van der Waals surface area contributed by atoms with Gasteiger partial charge in [0.05, 0.1) is 13.7 Å². The molecule has 1 fully saturated rings. The molecule has 0 saturated heterocycles. The van der Waals surface area contributed by atoms with Gasteiger partial charge in [-0.1, -0.05) is 19.3 Å². The van der Waals surface area contributed by atoms with Crippen LogP contribution in [-0.4, -0.2) is 36.3 Å². The number of rotatable bonds is 8. The molecular formula is C19H26N4O2. The normalized spacial score (nSPS) is 14.8. The molecule has 0 amide bonds. The first kappa shape index (κ1) is 17.3. The van der Waals surface area contributed by atoms with Crippen LogP contribution in [0.2, 0.25) is 0 Å². The zero-order chi connectivity index (χ0) is 17.3. The lowest BCUT2D eigenvalue weighted by molar-refractivity contribution is 0.331. The lowest BCUT2D eigenvalue weighted by Gasteiger charge is -2.23. The molecule has 1 aliphatic carbocycles. The van der Waals surface area contributed by atoms with Gasteiger partial charge in [0.15, 0.2) is 0 Å². The predicted octanol–water partition coefficient (Wildman–Crippen LogP) is 3.72. The number of nitrogens with one attached hydrogen (secondary N) is 2. The van der Waals surface area contributed by atoms with Crippen molar-refractivity contribution in [3.05, 3.63) is 36.7 Å². The zero-order valence-corrected chi connectivity index (χ0v) is 14.7. The Morgan fingerprint density at radius 2 is 1.72 bits per heavy atom. The Balaban J connectivity index is 1.42. The number of methoxy groups -OCH3 is 1. The van der Waals surface area contributed by atoms with Crippen LogP contribution in [0.25, 0.3) is 0 Å². The highest BCUT2D eigenvalue weighted by atomic mass is 16.5. The van der Waals surface area contributed by atoms with Gasteiger partial charge in [-0.05, 0) is 37.1 Å². The summed E-state index contributed by atoms with van der Waals surface area (Å²) in [5, 5.41) is 6.79. The van der Waals surface area contributed by atoms with Crippen molar-refractivity contribution in [2.75, 3.05) is 30.9 Å². The van der Waals surface area contributed by atoms with Gasteiger partial charge in [-0.25, -0.2) is 9.97 Å². The van der Waals surface area contributed by atoms with E-state index in [1.165, 1.54) is 32.1 Å². The summed E-state index contributed by atoms with van der Waals surface area (Å²) in [6, 6.07) is 10.1. The summed E-state index contributed by atoms with van der Waals surface area (Å²) in [6.45, 7) is 1.23. The molecule has 1 heterocycles. The second-order valence-electron chi connectivity index (χ2n) is 6.22. The molecule has 1 aromatic heterocycles. The van der Waals surface area contributed by atoms with Gasteiger partial charge in [-0.15, -0.1) is 0 Å². The highest BCUT2D eigenvalue weighted by Gasteiger charge is 2.13. The molecule has 0 spiro atoms. The van der Waals surface area contributed by atoms with Crippen LogP contribution in [-0.2, 0) is 0 Å². The fraction of sp³-hybridized carbons (Fsp3) is 0.474. The summed E-state index contributed by atoms with van der Waals surface area (Å²) < 4.78 is 10.8. The topological polar surface area (TPSA) is 68.3 Å². The molecule has 2 aromatic rings. The van der Waals surface area contributed by atoms with E-state index in [-0.39, 0.29) is 0 Å². The average molecular weight is 342 g/mol. The van der Waals surface area contributed by atoms with Gasteiger partial charge in [0.1, 0.15) is 36.1 Å². The smallest absolute Gasteiger partial charge is 0.131 e. The Morgan fingerprint density at radius 1 is 1.00 bits per heavy atom. The highest BCUT2D eigenvalue weighted by Crippen LogP contribution is 2.21. The van der Waals surface area contributed by atoms with Crippen LogP contribution >= 0.6 is 0 Å². The van der Waals surface area contributed by atoms with Crippen LogP contribution in [0.4, 0.5) is 11.6 Å². The lowest BCUT2D eigenvalue weighted by atomic mass is 9.95. The molecule has 0 bridgehead atoms. The molecule has 2 N–H and O–H groups in total. The summed E-state index contributed by atoms with van der Waals surface area (Å²) in [7, 11) is 1.65. The van der Waals surface area contributed by atoms with E-state index in [0.717, 1.165) is 23.1 Å². The van der Waals surface area contributed by atoms with Crippen molar-refractivity contribution in [3.8, 4) is 11.5 Å². The third-order valence-corrected chi connectivity index (χ3v) is 4.36. The van der Waals surface area contributed by atoms with Gasteiger partial charge in [-0.3, -0.25) is 0 Å². The summed E-state index contributed by atoms with van der Waals surface area (Å²) in [5.74, 6) is 3.35. The first-order chi connectivity index (χ1) is 12.3. The van der Waals surface area contributed by atoms with Crippen LogP contribution in [0.1, 0.15) is 32.1 Å². The number of hydrogen-bond donors (Lipinski definition) is 2. The van der Waals surface area contributed by atoms with E-state index < -0.39 is 0 Å². The molecule has 6 heteroatoms. The van der Waals surface area contributed by atoms with Gasteiger partial charge in [0.2, 0.25) is 0 Å². The second kappa shape index (κ2) is 9.11. The molecular weight excluding hydrogens is 316 g/mol. The van der Waals surface area contributed by atoms with Crippen molar-refractivity contribution in [3.63, 3.8) is 0 Å². The molecule has 3 rings (SSSR count). The highest BCUT2D eigenvalue weighted by molar-refractivity contribution is 5.47. The molecule has 1 aromatic carbocycles. The Hall–Kier alpha value is -2.50. The number of aromatic nitrogens is 2. The largest absolute Gasteiger partial charge is 0.497 e. The van der Waals surface area contributed by atoms with Gasteiger partial charge in [-0.2, -0.15) is 0 Å². The van der Waals surface area contributed by atoms with E-state index >= 15 is 0 Å². The maximum Gasteiger partial charge on any atom is 0.131 e. The van der Waals surface area contributed by atoms with E-state index in [0.29, 0.717) is 19.2 Å². The molecule has 1 aliphatic rings. The van der Waals surface area contributed by atoms with Crippen LogP contribution in [0.3, 0.4) is 0 Å². The van der Waals surface area contributed by atoms with Crippen molar-refractivity contribution in [1.82, 2.24) is 9.97 Å². The summed E-state index contributed by atoms with van der Waals surface area (Å²) in [6.07, 6.45) is 8.00. The molecule has 0 unspecified atom stereocenters. The Bertz CT molecular complexity index is 642. The number of ether oxygens (including phenoxy) is 2. The fourth-order valence-corrected chi connectivity index (χ4v) is 3.01. The lowest BCUT2D eigenvalue weighted by Crippen LogP contribution is -2.23. The van der Waals surface area contributed by atoms with E-state index in [1.807, 2.05) is 30.3 Å². The van der Waals surface area contributed by atoms with Crippen molar-refractivity contribution in [2.45, 2.75) is 38.1 Å². The minimum Gasteiger partial charge on any atom is -0.497 e. The molecule has 0 atom stereocenters. The Labute approximate surface area is 149 Å². The summed E-state index contributed by atoms with van der Waals surface area (Å²) in [5.41, 5.74) is 0. The SMILES string of the molecule is COc1ccc(OCCNc2cc(NC3CCCCC3)ncn2)cc1. The minimum atomic E-state index is 0.537. The van der Waals surface area contributed by atoms with Crippen molar-refractivity contribution in [1.29, 1.82) is 0 Å². The summed E-state index contributed by atoms with van der Waals surface area (Å²) in [4.78, 5) is 8.59. The third-order valence-electron chi connectivity index (χ3n) is 4.36. The van der Waals surface area contributed by atoms with Gasteiger partial charge < -0.3 is 20.1 Å². The quantitative estimate of drug-likeness (QED) is 0.713. The molecule has 0 aliphatic heterocycles. The van der Waals surface area contributed by atoms with Gasteiger partial charge in [0.25, 0.3) is 0 Å². The van der Waals surface area contributed by atoms with E-state index in [9.17, 15) is 0 Å². The summed E-state index contributed by atoms with van der Waals surface area (Å²) >= 11 is 0. The van der Waals surface area contributed by atoms with Crippen molar-refractivity contribution in [2.24, 2.45) is 0 Å². The zero-order valence-electron chi connectivity index (χ0n) is 14.7. The first-order valence-electron chi connectivity index (χ1n) is 8.93. The third kappa shape index (κ3) is 5.52. The van der Waals surface area contributed by atoms with Crippen LogP contribution < -0.4 is 20.1 Å². The average Bonchev–Trinajstić information content (AvgIpc) is 2.67. The predicted molar refractivity (Wildman–Crippen MR) is 99.5 cm³/mol. The molecule has 6 nitrogen and oxygen atoms in total. The number of hydrogen-bond acceptors (Lipinski definition) is 6. The maximum atomic E-state index is 5.70. The molecule has 1 saturated carbocycles. The van der Waals surface area contributed by atoms with Crippen molar-refractivity contribution < 1.29 is 9.47 Å². The van der Waals surface area contributed by atoms with Gasteiger partial charge in [0, 0.05) is 12.1 Å². The number of nitrogens with zero attached hydrogens (tertiary/aromatic N) is 2. The Kier molecular flexibility index (Phi) is 6.31. The van der Waals surface area contributed by atoms with Crippen LogP contribution in [0.15, 0.2) is 36.7 Å². The fourth-order valence-electron chi connectivity index (χ4n) is 3.01. The number of benzene rings is 1. The minimum absolute atomic E-state index is 0.537. The maximum absolute atomic E-state index is 5.70. The van der Waals surface area contributed by atoms with Crippen LogP contribution in [0.5, 0.6) is 11.5 Å². The molecule has 134 valence electrons. The Morgan fingerprint density at radius 3 is 2.48 bits per heavy atom.